The number of allylic oxidation sites excluding steroid dienone is 14. The number of aliphatic hydroxyl groups is 4. The van der Waals surface area contributed by atoms with Crippen LogP contribution in [0.4, 0.5) is 0 Å². The predicted octanol–water partition coefficient (Wildman–Crippen LogP) is 11.4. The van der Waals surface area contributed by atoms with E-state index < -0.39 is 43.4 Å². The molecular weight excluding hydrogens is 769 g/mol. The lowest BCUT2D eigenvalue weighted by atomic mass is 9.99. The van der Waals surface area contributed by atoms with Crippen LogP contribution in [0.1, 0.15) is 174 Å². The zero-order valence-electron chi connectivity index (χ0n) is 38.4. The average Bonchev–Trinajstić information content (AvgIpc) is 3.26. The molecule has 0 aromatic carbocycles. The molecule has 0 aromatic rings. The summed E-state index contributed by atoms with van der Waals surface area (Å²) in [6.07, 6.45) is 50.5. The molecule has 6 unspecified atom stereocenters. The number of carbonyl (C=O) groups excluding carboxylic acids is 1. The van der Waals surface area contributed by atoms with Crippen LogP contribution < -0.4 is 0 Å². The lowest BCUT2D eigenvalue weighted by Crippen LogP contribution is -2.59. The summed E-state index contributed by atoms with van der Waals surface area (Å²) in [5.74, 6) is -0.340. The molecule has 6 atom stereocenters. The number of esters is 1. The van der Waals surface area contributed by atoms with Gasteiger partial charge in [0.25, 0.3) is 0 Å². The maximum absolute atomic E-state index is 12.8. The molecule has 61 heavy (non-hydrogen) atoms. The van der Waals surface area contributed by atoms with Crippen molar-refractivity contribution in [1.29, 1.82) is 0 Å². The van der Waals surface area contributed by atoms with Crippen LogP contribution in [0.15, 0.2) is 85.1 Å². The van der Waals surface area contributed by atoms with Crippen LogP contribution in [0.5, 0.6) is 0 Å². The van der Waals surface area contributed by atoms with Gasteiger partial charge in [0.2, 0.25) is 0 Å². The highest BCUT2D eigenvalue weighted by atomic mass is 16.7. The SMILES string of the molecule is CC/C=C\C/C=C\C/C=C\C/C=C\C/C=C\C/C=C\CCCOCC(COC1OC(CO)C(O)C(O)C1O)OC(=O)CCCCCCCCC/C=C\CCCCCCCCC. The second kappa shape index (κ2) is 42.7. The van der Waals surface area contributed by atoms with Crippen LogP contribution >= 0.6 is 0 Å². The van der Waals surface area contributed by atoms with Gasteiger partial charge in [-0.3, -0.25) is 4.79 Å². The summed E-state index contributed by atoms with van der Waals surface area (Å²) in [5, 5.41) is 40.2. The lowest BCUT2D eigenvalue weighted by Gasteiger charge is -2.39. The molecule has 9 nitrogen and oxygen atoms in total. The normalized spacial score (nSPS) is 20.7. The Morgan fingerprint density at radius 2 is 1.00 bits per heavy atom. The molecule has 9 heteroatoms. The van der Waals surface area contributed by atoms with Crippen LogP contribution in [0.2, 0.25) is 0 Å². The second-order valence-corrected chi connectivity index (χ2v) is 16.2. The summed E-state index contributed by atoms with van der Waals surface area (Å²) in [6, 6.07) is 0. The molecule has 0 bridgehead atoms. The number of hydrogen-bond acceptors (Lipinski definition) is 9. The van der Waals surface area contributed by atoms with Crippen molar-refractivity contribution in [3.8, 4) is 0 Å². The summed E-state index contributed by atoms with van der Waals surface area (Å²) in [4.78, 5) is 12.8. The molecule has 1 heterocycles. The number of aliphatic hydroxyl groups excluding tert-OH is 4. The quantitative estimate of drug-likeness (QED) is 0.0270. The molecular formula is C52H88O9. The van der Waals surface area contributed by atoms with Crippen molar-refractivity contribution in [2.24, 2.45) is 0 Å². The summed E-state index contributed by atoms with van der Waals surface area (Å²) in [7, 11) is 0. The van der Waals surface area contributed by atoms with Gasteiger partial charge in [0.1, 0.15) is 30.5 Å². The lowest BCUT2D eigenvalue weighted by molar-refractivity contribution is -0.305. The summed E-state index contributed by atoms with van der Waals surface area (Å²) in [5.41, 5.74) is 0. The van der Waals surface area contributed by atoms with Crippen molar-refractivity contribution in [1.82, 2.24) is 0 Å². The van der Waals surface area contributed by atoms with E-state index in [9.17, 15) is 25.2 Å². The van der Waals surface area contributed by atoms with Gasteiger partial charge in [-0.1, -0.05) is 170 Å². The first-order valence-corrected chi connectivity index (χ1v) is 24.2. The van der Waals surface area contributed by atoms with Crippen molar-refractivity contribution in [2.75, 3.05) is 26.4 Å². The maximum Gasteiger partial charge on any atom is 0.306 e. The Hall–Kier alpha value is -2.63. The number of hydrogen-bond donors (Lipinski definition) is 4. The van der Waals surface area contributed by atoms with E-state index >= 15 is 0 Å². The van der Waals surface area contributed by atoms with Crippen LogP contribution in [-0.2, 0) is 23.7 Å². The van der Waals surface area contributed by atoms with Gasteiger partial charge in [-0.25, -0.2) is 0 Å². The van der Waals surface area contributed by atoms with Gasteiger partial charge in [0, 0.05) is 13.0 Å². The highest BCUT2D eigenvalue weighted by molar-refractivity contribution is 5.69. The monoisotopic (exact) mass is 857 g/mol. The van der Waals surface area contributed by atoms with E-state index in [1.165, 1.54) is 77.0 Å². The summed E-state index contributed by atoms with van der Waals surface area (Å²) in [6.45, 7) is 4.28. The Kier molecular flexibility index (Phi) is 39.4. The highest BCUT2D eigenvalue weighted by Gasteiger charge is 2.44. The Labute approximate surface area is 371 Å². The third-order valence-electron chi connectivity index (χ3n) is 10.5. The van der Waals surface area contributed by atoms with E-state index in [-0.39, 0.29) is 19.2 Å². The third kappa shape index (κ3) is 33.6. The summed E-state index contributed by atoms with van der Waals surface area (Å²) < 4.78 is 22.8. The fraction of sp³-hybridized carbons (Fsp3) is 0.712. The van der Waals surface area contributed by atoms with Gasteiger partial charge >= 0.3 is 5.97 Å². The largest absolute Gasteiger partial charge is 0.457 e. The van der Waals surface area contributed by atoms with E-state index in [4.69, 9.17) is 18.9 Å². The molecule has 1 fully saturated rings. The van der Waals surface area contributed by atoms with Crippen molar-refractivity contribution in [3.05, 3.63) is 85.1 Å². The second-order valence-electron chi connectivity index (χ2n) is 16.2. The van der Waals surface area contributed by atoms with Crippen LogP contribution in [-0.4, -0.2) is 89.6 Å². The molecule has 350 valence electrons. The number of unbranched alkanes of at least 4 members (excludes halogenated alkanes) is 15. The van der Waals surface area contributed by atoms with Gasteiger partial charge in [0.15, 0.2) is 6.29 Å². The molecule has 0 aromatic heterocycles. The zero-order chi connectivity index (χ0) is 44.3. The Balaban J connectivity index is 2.30. The summed E-state index contributed by atoms with van der Waals surface area (Å²) >= 11 is 0. The van der Waals surface area contributed by atoms with Gasteiger partial charge < -0.3 is 39.4 Å². The molecule has 1 saturated heterocycles. The van der Waals surface area contributed by atoms with E-state index in [0.29, 0.717) is 13.0 Å². The molecule has 0 radical (unpaired) electrons. The minimum absolute atomic E-state index is 0.0984. The molecule has 4 N–H and O–H groups in total. The Morgan fingerprint density at radius 1 is 0.541 bits per heavy atom. The predicted molar refractivity (Wildman–Crippen MR) is 251 cm³/mol. The third-order valence-corrected chi connectivity index (χ3v) is 10.5. The standard InChI is InChI=1S/C52H88O9/c1-3-5-7-9-11-13-15-17-19-21-23-24-26-28-30-32-34-36-38-40-42-58-44-46(45-59-52-51(57)50(56)49(55)47(43-53)61-52)60-48(54)41-39-37-35-33-31-29-27-25-22-20-18-16-14-12-10-8-6-4-2/h5,7,11,13,17,19-20,22-24,28,30,34,36,46-47,49-53,55-57H,3-4,6,8-10,12,14-16,18,21,25-27,29,31-33,35,37-45H2,1-2H3/b7-5-,13-11-,19-17-,22-20-,24-23-,30-28-,36-34-. The van der Waals surface area contributed by atoms with Gasteiger partial charge in [0.05, 0.1) is 19.8 Å². The number of carbonyl (C=O) groups is 1. The number of rotatable bonds is 40. The molecule has 0 aliphatic carbocycles. The molecule has 1 aliphatic heterocycles. The van der Waals surface area contributed by atoms with Crippen molar-refractivity contribution in [3.63, 3.8) is 0 Å². The molecule has 1 rings (SSSR count). The van der Waals surface area contributed by atoms with Crippen molar-refractivity contribution in [2.45, 2.75) is 211 Å². The van der Waals surface area contributed by atoms with Crippen LogP contribution in [0.25, 0.3) is 0 Å². The first-order valence-electron chi connectivity index (χ1n) is 24.2. The average molecular weight is 857 g/mol. The topological polar surface area (TPSA) is 135 Å². The number of ether oxygens (including phenoxy) is 4. The van der Waals surface area contributed by atoms with E-state index in [2.05, 4.69) is 98.9 Å². The molecule has 0 saturated carbocycles. The van der Waals surface area contributed by atoms with Gasteiger partial charge in [-0.05, 0) is 83.5 Å². The van der Waals surface area contributed by atoms with E-state index in [1.54, 1.807) is 0 Å². The minimum atomic E-state index is -1.55. The smallest absolute Gasteiger partial charge is 0.306 e. The van der Waals surface area contributed by atoms with E-state index in [1.807, 2.05) is 0 Å². The maximum atomic E-state index is 12.8. The van der Waals surface area contributed by atoms with Crippen LogP contribution in [0.3, 0.4) is 0 Å². The molecule has 1 aliphatic rings. The molecule has 0 spiro atoms. The van der Waals surface area contributed by atoms with Crippen LogP contribution in [0, 0.1) is 0 Å². The minimum Gasteiger partial charge on any atom is -0.457 e. The fourth-order valence-electron chi connectivity index (χ4n) is 6.80. The highest BCUT2D eigenvalue weighted by Crippen LogP contribution is 2.22. The fourth-order valence-corrected chi connectivity index (χ4v) is 6.80. The van der Waals surface area contributed by atoms with Gasteiger partial charge in [-0.15, -0.1) is 0 Å². The molecule has 0 amide bonds. The first kappa shape index (κ1) is 56.4. The van der Waals surface area contributed by atoms with Gasteiger partial charge in [-0.2, -0.15) is 0 Å². The first-order chi connectivity index (χ1) is 29.9. The van der Waals surface area contributed by atoms with Crippen molar-refractivity contribution < 1.29 is 44.2 Å². The Bertz CT molecular complexity index is 1200. The Morgan fingerprint density at radius 3 is 1.52 bits per heavy atom. The zero-order valence-corrected chi connectivity index (χ0v) is 38.4. The van der Waals surface area contributed by atoms with E-state index in [0.717, 1.165) is 77.0 Å². The van der Waals surface area contributed by atoms with Crippen molar-refractivity contribution >= 4 is 5.97 Å².